The minimum atomic E-state index is -4.10. The monoisotopic (exact) mass is 520 g/mol. The summed E-state index contributed by atoms with van der Waals surface area (Å²) in [4.78, 5) is 6.06. The molecular weight excluding hydrogens is 484 g/mol. The molecule has 2 aliphatic rings. The predicted octanol–water partition coefficient (Wildman–Crippen LogP) is 3.52. The first kappa shape index (κ1) is 25.7. The van der Waals surface area contributed by atoms with Crippen LogP contribution in [0.5, 0.6) is 0 Å². The van der Waals surface area contributed by atoms with E-state index in [-0.39, 0.29) is 24.0 Å². The van der Waals surface area contributed by atoms with Crippen molar-refractivity contribution in [3.05, 3.63) is 0 Å². The summed E-state index contributed by atoms with van der Waals surface area (Å²) in [5.41, 5.74) is -0.675. The Labute approximate surface area is 183 Å². The van der Waals surface area contributed by atoms with Crippen molar-refractivity contribution in [1.29, 1.82) is 0 Å². The highest BCUT2D eigenvalue weighted by Gasteiger charge is 2.32. The fourth-order valence-corrected chi connectivity index (χ4v) is 4.02. The second-order valence-corrected chi connectivity index (χ2v) is 8.03. The molecule has 1 saturated heterocycles. The molecule has 0 aromatic rings. The fraction of sp³-hybridized carbons (Fsp3) is 0.947. The second-order valence-electron chi connectivity index (χ2n) is 8.03. The smallest absolute Gasteiger partial charge is 0.388 e. The molecule has 2 fully saturated rings. The van der Waals surface area contributed by atoms with Gasteiger partial charge >= 0.3 is 6.18 Å². The number of nitrogens with zero attached hydrogens (tertiary/aromatic N) is 2. The zero-order chi connectivity index (χ0) is 19.8. The molecule has 5 nitrogen and oxygen atoms in total. The molecule has 1 aliphatic heterocycles. The van der Waals surface area contributed by atoms with Crippen LogP contribution in [0.25, 0.3) is 0 Å². The maximum Gasteiger partial charge on any atom is 0.401 e. The standard InChI is InChI=1S/C19H35F3N4O.HI/c1-2-23-17(25-14-18(27)9-4-3-5-10-18)24-11-6-16-7-12-26(13-8-16)15-19(20,21)22;/h16,27H,2-15H2,1H3,(H2,23,24,25);1H. The lowest BCUT2D eigenvalue weighted by atomic mass is 9.85. The number of piperidine rings is 1. The Bertz CT molecular complexity index is 463. The normalized spacial score (nSPS) is 21.8. The SMILES string of the molecule is CCNC(=NCC1(O)CCCCC1)NCCC1CCN(CC(F)(F)F)CC1.I. The van der Waals surface area contributed by atoms with Crippen molar-refractivity contribution in [1.82, 2.24) is 15.5 Å². The van der Waals surface area contributed by atoms with Crippen LogP contribution in [-0.4, -0.2) is 67.0 Å². The third-order valence-electron chi connectivity index (χ3n) is 5.62. The van der Waals surface area contributed by atoms with Gasteiger partial charge in [0, 0.05) is 13.1 Å². The van der Waals surface area contributed by atoms with E-state index >= 15 is 0 Å². The van der Waals surface area contributed by atoms with E-state index in [9.17, 15) is 18.3 Å². The van der Waals surface area contributed by atoms with Gasteiger partial charge in [0.1, 0.15) is 0 Å². The lowest BCUT2D eigenvalue weighted by Gasteiger charge is -2.32. The molecule has 9 heteroatoms. The summed E-state index contributed by atoms with van der Waals surface area (Å²) in [6, 6.07) is 0. The summed E-state index contributed by atoms with van der Waals surface area (Å²) in [6.45, 7) is 4.16. The number of aliphatic hydroxyl groups is 1. The van der Waals surface area contributed by atoms with E-state index in [1.807, 2.05) is 6.92 Å². The number of halogens is 4. The topological polar surface area (TPSA) is 59.9 Å². The maximum atomic E-state index is 12.4. The molecule has 28 heavy (non-hydrogen) atoms. The first-order valence-corrected chi connectivity index (χ1v) is 10.3. The maximum absolute atomic E-state index is 12.4. The van der Waals surface area contributed by atoms with Gasteiger partial charge in [0.2, 0.25) is 0 Å². The lowest BCUT2D eigenvalue weighted by Crippen LogP contribution is -2.42. The average Bonchev–Trinajstić information content (AvgIpc) is 2.60. The van der Waals surface area contributed by atoms with E-state index in [0.29, 0.717) is 31.5 Å². The Kier molecular flexibility index (Phi) is 11.4. The third kappa shape index (κ3) is 9.96. The van der Waals surface area contributed by atoms with Gasteiger partial charge in [-0.05, 0) is 58.0 Å². The Hall–Kier alpha value is -0.290. The minimum absolute atomic E-state index is 0. The zero-order valence-electron chi connectivity index (χ0n) is 16.9. The van der Waals surface area contributed by atoms with Gasteiger partial charge in [-0.25, -0.2) is 0 Å². The molecule has 0 unspecified atom stereocenters. The quantitative estimate of drug-likeness (QED) is 0.273. The van der Waals surface area contributed by atoms with Crippen molar-refractivity contribution in [3.63, 3.8) is 0 Å². The molecule has 0 radical (unpaired) electrons. The number of guanidine groups is 1. The summed E-state index contributed by atoms with van der Waals surface area (Å²) in [5.74, 6) is 1.17. The van der Waals surface area contributed by atoms with E-state index in [4.69, 9.17) is 0 Å². The van der Waals surface area contributed by atoms with Gasteiger partial charge in [-0.15, -0.1) is 24.0 Å². The molecule has 0 aromatic carbocycles. The number of aliphatic imine (C=N–C) groups is 1. The van der Waals surface area contributed by atoms with Crippen LogP contribution in [0.4, 0.5) is 13.2 Å². The Morgan fingerprint density at radius 1 is 1.14 bits per heavy atom. The van der Waals surface area contributed by atoms with Crippen LogP contribution >= 0.6 is 24.0 Å². The Morgan fingerprint density at radius 3 is 2.36 bits per heavy atom. The number of rotatable bonds is 7. The van der Waals surface area contributed by atoms with Crippen molar-refractivity contribution in [3.8, 4) is 0 Å². The van der Waals surface area contributed by atoms with Crippen LogP contribution in [0.15, 0.2) is 4.99 Å². The van der Waals surface area contributed by atoms with Gasteiger partial charge in [0.25, 0.3) is 0 Å². The molecule has 1 heterocycles. The molecule has 166 valence electrons. The first-order valence-electron chi connectivity index (χ1n) is 10.3. The number of nitrogens with one attached hydrogen (secondary N) is 2. The number of hydrogen-bond acceptors (Lipinski definition) is 3. The van der Waals surface area contributed by atoms with Gasteiger partial charge in [0.05, 0.1) is 18.7 Å². The van der Waals surface area contributed by atoms with Crippen molar-refractivity contribution in [2.24, 2.45) is 10.9 Å². The highest BCUT2D eigenvalue weighted by atomic mass is 127. The summed E-state index contributed by atoms with van der Waals surface area (Å²) in [6.07, 6.45) is 3.37. The predicted molar refractivity (Wildman–Crippen MR) is 117 cm³/mol. The van der Waals surface area contributed by atoms with Crippen LogP contribution in [0.2, 0.25) is 0 Å². The fourth-order valence-electron chi connectivity index (χ4n) is 4.02. The first-order chi connectivity index (χ1) is 12.8. The Balaban J connectivity index is 0.00000392. The van der Waals surface area contributed by atoms with Crippen molar-refractivity contribution < 1.29 is 18.3 Å². The van der Waals surface area contributed by atoms with Crippen molar-refractivity contribution in [2.75, 3.05) is 39.3 Å². The highest BCUT2D eigenvalue weighted by molar-refractivity contribution is 14.0. The molecule has 0 atom stereocenters. The molecule has 1 saturated carbocycles. The zero-order valence-corrected chi connectivity index (χ0v) is 19.2. The van der Waals surface area contributed by atoms with E-state index < -0.39 is 18.3 Å². The second kappa shape index (κ2) is 12.4. The van der Waals surface area contributed by atoms with Crippen molar-refractivity contribution >= 4 is 29.9 Å². The van der Waals surface area contributed by atoms with Crippen LogP contribution in [0.1, 0.15) is 58.3 Å². The average molecular weight is 520 g/mol. The van der Waals surface area contributed by atoms with Gasteiger partial charge in [-0.1, -0.05) is 19.3 Å². The minimum Gasteiger partial charge on any atom is -0.388 e. The Morgan fingerprint density at radius 2 is 1.79 bits per heavy atom. The summed E-state index contributed by atoms with van der Waals surface area (Å²) >= 11 is 0. The summed E-state index contributed by atoms with van der Waals surface area (Å²) < 4.78 is 37.3. The molecule has 1 aliphatic carbocycles. The van der Waals surface area contributed by atoms with Gasteiger partial charge in [0.15, 0.2) is 5.96 Å². The molecule has 2 rings (SSSR count). The van der Waals surface area contributed by atoms with Gasteiger partial charge in [-0.3, -0.25) is 9.89 Å². The molecular formula is C19H36F3IN4O. The van der Waals surface area contributed by atoms with Crippen molar-refractivity contribution in [2.45, 2.75) is 70.1 Å². The van der Waals surface area contributed by atoms with E-state index in [2.05, 4.69) is 15.6 Å². The number of alkyl halides is 3. The van der Waals surface area contributed by atoms with Crippen LogP contribution in [0.3, 0.4) is 0 Å². The van der Waals surface area contributed by atoms with Crippen LogP contribution < -0.4 is 10.6 Å². The summed E-state index contributed by atoms with van der Waals surface area (Å²) in [7, 11) is 0. The lowest BCUT2D eigenvalue weighted by molar-refractivity contribution is -0.148. The van der Waals surface area contributed by atoms with E-state index in [1.54, 1.807) is 0 Å². The molecule has 0 spiro atoms. The van der Waals surface area contributed by atoms with E-state index in [1.165, 1.54) is 11.3 Å². The van der Waals surface area contributed by atoms with Crippen LogP contribution in [0, 0.1) is 5.92 Å². The van der Waals surface area contributed by atoms with Gasteiger partial charge < -0.3 is 15.7 Å². The third-order valence-corrected chi connectivity index (χ3v) is 5.62. The molecule has 0 aromatic heterocycles. The molecule has 0 amide bonds. The summed E-state index contributed by atoms with van der Waals surface area (Å²) in [5, 5.41) is 17.1. The van der Waals surface area contributed by atoms with Crippen LogP contribution in [-0.2, 0) is 0 Å². The number of likely N-dealkylation sites (tertiary alicyclic amines) is 1. The largest absolute Gasteiger partial charge is 0.401 e. The van der Waals surface area contributed by atoms with E-state index in [0.717, 1.165) is 58.0 Å². The molecule has 3 N–H and O–H groups in total. The highest BCUT2D eigenvalue weighted by Crippen LogP contribution is 2.28. The number of hydrogen-bond donors (Lipinski definition) is 3. The van der Waals surface area contributed by atoms with Gasteiger partial charge in [-0.2, -0.15) is 13.2 Å². The molecule has 0 bridgehead atoms.